The van der Waals surface area contributed by atoms with Crippen molar-refractivity contribution in [3.8, 4) is 22.8 Å². The molecular weight excluding hydrogens is 741 g/mol. The number of allylic oxidation sites excluding steroid dienone is 4. The van der Waals surface area contributed by atoms with Crippen LogP contribution in [0.3, 0.4) is 0 Å². The molecule has 1 aromatic heterocycles. The first-order chi connectivity index (χ1) is 28.6. The lowest BCUT2D eigenvalue weighted by atomic mass is 9.59. The quantitative estimate of drug-likeness (QED) is 0.207. The summed E-state index contributed by atoms with van der Waals surface area (Å²) in [6.45, 7) is 31.9. The Kier molecular flexibility index (Phi) is 8.67. The molecule has 318 valence electrons. The molecule has 0 amide bonds. The molecule has 2 saturated carbocycles. The normalized spacial score (nSPS) is 26.9. The highest BCUT2D eigenvalue weighted by molar-refractivity contribution is 6.09. The monoisotopic (exact) mass is 811 g/mol. The van der Waals surface area contributed by atoms with Crippen LogP contribution >= 0.6 is 0 Å². The average molecular weight is 811 g/mol. The molecule has 2 spiro atoms. The SMILES string of the molecule is C\C1=C/C=C(c2nc(-c3ccc4c(c3)C(C)(C)C(C)(C)C4(C)C)nc(-c3ccc4c(c3)C(C)(C)C(C)(C)C4(C)C)n2)\C=N\Cc2cc3c(cc21)C1(CCCC1)CC31CCCC1. The second kappa shape index (κ2) is 12.9. The van der Waals surface area contributed by atoms with Crippen LogP contribution in [0.1, 0.15) is 198 Å². The summed E-state index contributed by atoms with van der Waals surface area (Å²) in [7, 11) is 0. The summed E-state index contributed by atoms with van der Waals surface area (Å²) in [5.41, 5.74) is 16.8. The summed E-state index contributed by atoms with van der Waals surface area (Å²) in [6.07, 6.45) is 18.8. The maximum atomic E-state index is 5.36. The predicted molar refractivity (Wildman–Crippen MR) is 256 cm³/mol. The minimum atomic E-state index is -0.0367. The van der Waals surface area contributed by atoms with E-state index in [4.69, 9.17) is 19.9 Å². The Bertz CT molecular complexity index is 2500. The molecule has 1 aliphatic heterocycles. The van der Waals surface area contributed by atoms with Crippen molar-refractivity contribution in [2.24, 2.45) is 15.8 Å². The number of nitrogens with zero attached hydrogens (tertiary/aromatic N) is 4. The Balaban J connectivity index is 1.12. The van der Waals surface area contributed by atoms with Crippen molar-refractivity contribution in [2.45, 2.75) is 187 Å². The molecule has 2 heterocycles. The third kappa shape index (κ3) is 5.41. The van der Waals surface area contributed by atoms with E-state index in [0.717, 1.165) is 16.7 Å². The van der Waals surface area contributed by atoms with Gasteiger partial charge in [0.15, 0.2) is 17.5 Å². The van der Waals surface area contributed by atoms with E-state index in [1.165, 1.54) is 96.7 Å². The number of benzene rings is 3. The van der Waals surface area contributed by atoms with Crippen molar-refractivity contribution in [1.29, 1.82) is 0 Å². The van der Waals surface area contributed by atoms with Crippen LogP contribution in [0.15, 0.2) is 65.7 Å². The molecule has 6 aliphatic rings. The molecule has 10 rings (SSSR count). The average Bonchev–Trinajstić information content (AvgIpc) is 4.00. The molecule has 0 saturated heterocycles. The van der Waals surface area contributed by atoms with Crippen molar-refractivity contribution >= 4 is 17.4 Å². The third-order valence-corrected chi connectivity index (χ3v) is 20.0. The molecule has 4 aromatic rings. The lowest BCUT2D eigenvalue weighted by Gasteiger charge is -2.44. The van der Waals surface area contributed by atoms with Gasteiger partial charge in [0.2, 0.25) is 0 Å². The van der Waals surface area contributed by atoms with Gasteiger partial charge in [0.05, 0.1) is 6.54 Å². The smallest absolute Gasteiger partial charge is 0.165 e. The lowest BCUT2D eigenvalue weighted by Crippen LogP contribution is -2.42. The minimum Gasteiger partial charge on any atom is -0.288 e. The number of hydrogen-bond acceptors (Lipinski definition) is 4. The Morgan fingerprint density at radius 3 is 1.39 bits per heavy atom. The Hall–Kier alpha value is -4.18. The highest BCUT2D eigenvalue weighted by Crippen LogP contribution is 2.64. The summed E-state index contributed by atoms with van der Waals surface area (Å²) in [6, 6.07) is 19.2. The van der Waals surface area contributed by atoms with Crippen LogP contribution in [-0.4, -0.2) is 21.2 Å². The van der Waals surface area contributed by atoms with E-state index in [1.54, 1.807) is 11.1 Å². The lowest BCUT2D eigenvalue weighted by molar-refractivity contribution is 0.125. The number of hydrogen-bond donors (Lipinski definition) is 0. The van der Waals surface area contributed by atoms with Gasteiger partial charge in [-0.3, -0.25) is 4.99 Å². The van der Waals surface area contributed by atoms with Crippen molar-refractivity contribution in [2.75, 3.05) is 0 Å². The zero-order chi connectivity index (χ0) is 43.3. The summed E-state index contributed by atoms with van der Waals surface area (Å²) in [5.74, 6) is 2.08. The van der Waals surface area contributed by atoms with E-state index in [1.807, 2.05) is 6.21 Å². The largest absolute Gasteiger partial charge is 0.288 e. The molecule has 5 aliphatic carbocycles. The summed E-state index contributed by atoms with van der Waals surface area (Å²) in [4.78, 5) is 21.3. The molecule has 61 heavy (non-hydrogen) atoms. The summed E-state index contributed by atoms with van der Waals surface area (Å²) >= 11 is 0. The zero-order valence-corrected chi connectivity index (χ0v) is 39.7. The van der Waals surface area contributed by atoms with E-state index in [2.05, 4.69) is 151 Å². The van der Waals surface area contributed by atoms with Gasteiger partial charge in [0.25, 0.3) is 0 Å². The van der Waals surface area contributed by atoms with Crippen molar-refractivity contribution < 1.29 is 0 Å². The minimum absolute atomic E-state index is 0.0223. The molecular formula is C57H70N4. The van der Waals surface area contributed by atoms with Crippen molar-refractivity contribution in [3.63, 3.8) is 0 Å². The van der Waals surface area contributed by atoms with Crippen LogP contribution in [0.2, 0.25) is 0 Å². The van der Waals surface area contributed by atoms with Gasteiger partial charge in [-0.15, -0.1) is 0 Å². The molecule has 0 unspecified atom stereocenters. The number of aliphatic imine (C=N–C) groups is 1. The zero-order valence-electron chi connectivity index (χ0n) is 39.7. The van der Waals surface area contributed by atoms with E-state index in [9.17, 15) is 0 Å². The maximum absolute atomic E-state index is 5.36. The van der Waals surface area contributed by atoms with E-state index < -0.39 is 0 Å². The standard InChI is InChI=1S/C57H70N4/c1-35-18-19-38(32-58-33-39-30-45-46(31-40(35)39)57(26-16-17-27-57)34-56(45)24-14-15-25-56)49-60-47(36-20-22-41-43(28-36)52(6,7)54(10,11)50(41,2)3)59-48(61-49)37-21-23-42-44(29-37)53(8,9)55(12,13)51(42,4)5/h18-23,28-32H,14-17,24-27,33-34H2,1-13H3/b35-18+,38-19+,58-32+. The fraction of sp³-hybridized carbons (Fsp3) is 0.544. The Morgan fingerprint density at radius 1 is 0.459 bits per heavy atom. The van der Waals surface area contributed by atoms with Gasteiger partial charge in [-0.25, -0.2) is 15.0 Å². The molecule has 0 radical (unpaired) electrons. The first-order valence-corrected chi connectivity index (χ1v) is 23.7. The molecule has 4 heteroatoms. The van der Waals surface area contributed by atoms with Crippen LogP contribution in [-0.2, 0) is 39.0 Å². The van der Waals surface area contributed by atoms with Gasteiger partial charge in [-0.1, -0.05) is 151 Å². The first-order valence-electron chi connectivity index (χ1n) is 23.7. The molecule has 3 aromatic carbocycles. The van der Waals surface area contributed by atoms with E-state index >= 15 is 0 Å². The van der Waals surface area contributed by atoms with Gasteiger partial charge >= 0.3 is 0 Å². The summed E-state index contributed by atoms with van der Waals surface area (Å²) in [5, 5.41) is 0. The van der Waals surface area contributed by atoms with Crippen molar-refractivity contribution in [1.82, 2.24) is 15.0 Å². The van der Waals surface area contributed by atoms with Crippen molar-refractivity contribution in [3.05, 3.63) is 111 Å². The molecule has 0 N–H and O–H groups in total. The fourth-order valence-electron chi connectivity index (χ4n) is 13.7. The van der Waals surface area contributed by atoms with Gasteiger partial charge in [-0.05, 0) is 151 Å². The Labute approximate surface area is 367 Å². The van der Waals surface area contributed by atoms with Crippen LogP contribution in [0.4, 0.5) is 0 Å². The van der Waals surface area contributed by atoms with E-state index in [0.29, 0.717) is 34.8 Å². The summed E-state index contributed by atoms with van der Waals surface area (Å²) < 4.78 is 0. The van der Waals surface area contributed by atoms with Gasteiger partial charge < -0.3 is 0 Å². The number of rotatable bonds is 3. The first kappa shape index (κ1) is 40.9. The number of aromatic nitrogens is 3. The molecule has 0 bridgehead atoms. The number of fused-ring (bicyclic) bond motifs is 6. The molecule has 2 fully saturated rings. The second-order valence-electron chi connectivity index (χ2n) is 23.7. The van der Waals surface area contributed by atoms with Gasteiger partial charge in [0, 0.05) is 22.9 Å². The fourth-order valence-corrected chi connectivity index (χ4v) is 13.7. The third-order valence-electron chi connectivity index (χ3n) is 20.0. The van der Waals surface area contributed by atoms with Crippen LogP contribution in [0.25, 0.3) is 33.9 Å². The maximum Gasteiger partial charge on any atom is 0.165 e. The van der Waals surface area contributed by atoms with E-state index in [-0.39, 0.29) is 32.5 Å². The van der Waals surface area contributed by atoms with Crippen LogP contribution < -0.4 is 0 Å². The second-order valence-corrected chi connectivity index (χ2v) is 23.7. The van der Waals surface area contributed by atoms with Crippen LogP contribution in [0, 0.1) is 10.8 Å². The Morgan fingerprint density at radius 2 is 0.902 bits per heavy atom. The van der Waals surface area contributed by atoms with Gasteiger partial charge in [0.1, 0.15) is 0 Å². The predicted octanol–water partition coefficient (Wildman–Crippen LogP) is 14.5. The topological polar surface area (TPSA) is 51.0 Å². The highest BCUT2D eigenvalue weighted by Gasteiger charge is 2.58. The molecule has 4 nitrogen and oxygen atoms in total. The van der Waals surface area contributed by atoms with Gasteiger partial charge in [-0.2, -0.15) is 0 Å². The molecule has 0 atom stereocenters. The van der Waals surface area contributed by atoms with Crippen LogP contribution in [0.5, 0.6) is 0 Å². The highest BCUT2D eigenvalue weighted by atomic mass is 15.0.